The zero-order chi connectivity index (χ0) is 44.0. The summed E-state index contributed by atoms with van der Waals surface area (Å²) in [5, 5.41) is 12.7. The first-order chi connectivity index (χ1) is 28.7. The molecule has 60 heavy (non-hydrogen) atoms. The Balaban J connectivity index is 1.56. The largest absolute Gasteiger partial charge is 0.491 e. The van der Waals surface area contributed by atoms with Gasteiger partial charge in [-0.2, -0.15) is 5.10 Å². The van der Waals surface area contributed by atoms with Crippen molar-refractivity contribution in [2.24, 2.45) is 16.0 Å². The first-order valence-corrected chi connectivity index (χ1v) is 23.4. The minimum Gasteiger partial charge on any atom is -0.491 e. The fourth-order valence-electron chi connectivity index (χ4n) is 7.54. The Morgan fingerprint density at radius 2 is 1.58 bits per heavy atom. The lowest BCUT2D eigenvalue weighted by atomic mass is 9.76. The molecule has 3 atom stereocenters. The third-order valence-corrected chi connectivity index (χ3v) is 12.9. The Morgan fingerprint density at radius 3 is 2.23 bits per heavy atom. The summed E-state index contributed by atoms with van der Waals surface area (Å²) in [5.74, 6) is 2.96. The van der Waals surface area contributed by atoms with Crippen molar-refractivity contribution >= 4 is 28.7 Å². The molecule has 2 heterocycles. The predicted octanol–water partition coefficient (Wildman–Crippen LogP) is 12.1. The highest BCUT2D eigenvalue weighted by Crippen LogP contribution is 2.39. The number of nitrogens with zero attached hydrogens (tertiary/aromatic N) is 6. The van der Waals surface area contributed by atoms with Crippen LogP contribution < -0.4 is 19.7 Å². The maximum atomic E-state index is 14.1. The molecule has 1 aliphatic heterocycles. The average molecular weight is 826 g/mol. The summed E-state index contributed by atoms with van der Waals surface area (Å²) in [6.45, 7) is 31.4. The van der Waals surface area contributed by atoms with Crippen LogP contribution in [-0.2, 0) is 15.6 Å². The number of aliphatic imine (C=N–C) groups is 1. The van der Waals surface area contributed by atoms with E-state index in [-0.39, 0.29) is 22.7 Å². The van der Waals surface area contributed by atoms with E-state index < -0.39 is 6.10 Å². The van der Waals surface area contributed by atoms with Gasteiger partial charge < -0.3 is 19.7 Å². The molecule has 3 aromatic rings. The maximum absolute atomic E-state index is 14.1. The van der Waals surface area contributed by atoms with E-state index in [0.29, 0.717) is 42.9 Å². The maximum Gasteiger partial charge on any atom is 0.261 e. The third-order valence-electron chi connectivity index (χ3n) is 12.9. The van der Waals surface area contributed by atoms with E-state index in [1.54, 1.807) is 4.79 Å². The second kappa shape index (κ2) is 22.6. The van der Waals surface area contributed by atoms with Crippen LogP contribution in [0.15, 0.2) is 46.5 Å². The van der Waals surface area contributed by atoms with Crippen LogP contribution in [-0.4, -0.2) is 64.5 Å². The predicted molar refractivity (Wildman–Crippen MR) is 251 cm³/mol. The smallest absolute Gasteiger partial charge is 0.261 e. The van der Waals surface area contributed by atoms with Crippen molar-refractivity contribution in [3.05, 3.63) is 59.2 Å². The molecular weight excluding hydrogens is 747 g/mol. The van der Waals surface area contributed by atoms with Crippen molar-refractivity contribution in [3.8, 4) is 11.5 Å². The molecule has 0 radical (unpaired) electrons. The van der Waals surface area contributed by atoms with Crippen LogP contribution in [0.1, 0.15) is 189 Å². The highest BCUT2D eigenvalue weighted by molar-refractivity contribution is 6.48. The minimum absolute atomic E-state index is 0.0439. The summed E-state index contributed by atoms with van der Waals surface area (Å²) < 4.78 is 13.3. The van der Waals surface area contributed by atoms with Crippen molar-refractivity contribution < 1.29 is 14.3 Å². The van der Waals surface area contributed by atoms with E-state index >= 15 is 0 Å². The quantitative estimate of drug-likeness (QED) is 0.0808. The number of ether oxygens (including phenoxy) is 2. The van der Waals surface area contributed by atoms with Crippen molar-refractivity contribution in [1.29, 1.82) is 0 Å². The van der Waals surface area contributed by atoms with Crippen LogP contribution in [0.3, 0.4) is 0 Å². The van der Waals surface area contributed by atoms with Gasteiger partial charge in [-0.05, 0) is 93.4 Å². The number of nitrogens with one attached hydrogen (secondary N) is 1. The number of anilines is 1. The van der Waals surface area contributed by atoms with E-state index in [1.807, 2.05) is 19.9 Å². The molecule has 0 fully saturated rings. The summed E-state index contributed by atoms with van der Waals surface area (Å²) in [5.41, 5.74) is 5.66. The monoisotopic (exact) mass is 826 g/mol. The number of amides is 1. The molecule has 2 aromatic carbocycles. The molecule has 0 spiro atoms. The molecule has 1 N–H and O–H groups in total. The molecule has 1 aliphatic rings. The van der Waals surface area contributed by atoms with E-state index in [9.17, 15) is 4.79 Å². The molecule has 0 aliphatic carbocycles. The zero-order valence-corrected chi connectivity index (χ0v) is 39.7. The number of fused-ring (bicyclic) bond motifs is 1. The first-order valence-electron chi connectivity index (χ1n) is 23.4. The molecule has 0 saturated heterocycles. The van der Waals surface area contributed by atoms with Crippen molar-refractivity contribution in [2.75, 3.05) is 31.1 Å². The summed E-state index contributed by atoms with van der Waals surface area (Å²) in [7, 11) is 0. The third kappa shape index (κ3) is 12.4. The molecular formula is C50H79N7O3. The van der Waals surface area contributed by atoms with Crippen LogP contribution in [0.2, 0.25) is 0 Å². The SMILES string of the molecule is CCCCCCC(Oc1ccc(C(C)(C)CC)cc1C(C)(C)CC)C(=O)NCC(C)c1nc2n(n1)N=C(C)C2=Nc1ccc(N(CC)CC)cc1OCC(CC)CCCC. The van der Waals surface area contributed by atoms with Gasteiger partial charge in [0.05, 0.1) is 12.3 Å². The number of aromatic nitrogens is 3. The average Bonchev–Trinajstić information content (AvgIpc) is 3.79. The summed E-state index contributed by atoms with van der Waals surface area (Å²) in [6, 6.07) is 12.9. The summed E-state index contributed by atoms with van der Waals surface area (Å²) in [6.07, 6.45) is 10.9. The number of benzene rings is 2. The second-order valence-corrected chi connectivity index (χ2v) is 18.2. The fraction of sp³-hybridized carbons (Fsp3) is 0.660. The number of carbonyl (C=O) groups excluding carboxylic acids is 1. The molecule has 3 unspecified atom stereocenters. The number of hydrogen-bond donors (Lipinski definition) is 1. The van der Waals surface area contributed by atoms with Gasteiger partial charge in [-0.25, -0.2) is 9.98 Å². The topological polar surface area (TPSA) is 106 Å². The Bertz CT molecular complexity index is 1890. The number of hydrogen-bond acceptors (Lipinski definition) is 8. The van der Waals surface area contributed by atoms with Crippen molar-refractivity contribution in [3.63, 3.8) is 0 Å². The minimum atomic E-state index is -0.611. The van der Waals surface area contributed by atoms with E-state index in [2.05, 4.69) is 117 Å². The molecule has 10 heteroatoms. The van der Waals surface area contributed by atoms with Gasteiger partial charge in [-0.15, -0.1) is 9.89 Å². The molecule has 10 nitrogen and oxygen atoms in total. The lowest BCUT2D eigenvalue weighted by molar-refractivity contribution is -0.128. The molecule has 0 bridgehead atoms. The molecule has 332 valence electrons. The van der Waals surface area contributed by atoms with E-state index in [0.717, 1.165) is 98.6 Å². The van der Waals surface area contributed by atoms with Gasteiger partial charge in [0.1, 0.15) is 22.9 Å². The first kappa shape index (κ1) is 48.5. The Labute approximate surface area is 363 Å². The van der Waals surface area contributed by atoms with Crippen molar-refractivity contribution in [2.45, 2.75) is 183 Å². The van der Waals surface area contributed by atoms with Crippen LogP contribution in [0.4, 0.5) is 11.4 Å². The standard InChI is InChI=1S/C50H79N7O3/c1-14-21-23-24-26-43(60-42-30-27-38(49(10,11)17-4)31-40(42)50(12,13)18-5)48(58)51-33-35(8)46-53-47-45(36(9)54-57(47)55-46)52-41-29-28-39(56(19-6)20-7)32-44(41)59-34-37(16-3)25-22-15-2/h27-32,35,37,43H,14-26,33-34H2,1-13H3,(H,51,58). The van der Waals surface area contributed by atoms with Gasteiger partial charge in [0.15, 0.2) is 11.9 Å². The summed E-state index contributed by atoms with van der Waals surface area (Å²) >= 11 is 0. The molecule has 1 amide bonds. The number of carbonyl (C=O) groups is 1. The van der Waals surface area contributed by atoms with Crippen LogP contribution in [0, 0.1) is 5.92 Å². The van der Waals surface area contributed by atoms with Crippen LogP contribution in [0.5, 0.6) is 11.5 Å². The Morgan fingerprint density at radius 1 is 0.867 bits per heavy atom. The Kier molecular flexibility index (Phi) is 18.2. The van der Waals surface area contributed by atoms with Gasteiger partial charge in [0.25, 0.3) is 5.91 Å². The lowest BCUT2D eigenvalue weighted by Crippen LogP contribution is -2.40. The molecule has 1 aromatic heterocycles. The number of unbranched alkanes of at least 4 members (excludes halogenated alkanes) is 4. The second-order valence-electron chi connectivity index (χ2n) is 18.2. The van der Waals surface area contributed by atoms with Gasteiger partial charge >= 0.3 is 0 Å². The van der Waals surface area contributed by atoms with E-state index in [1.165, 1.54) is 18.4 Å². The highest BCUT2D eigenvalue weighted by Gasteiger charge is 2.31. The number of rotatable bonds is 26. The van der Waals surface area contributed by atoms with Crippen LogP contribution >= 0.6 is 0 Å². The lowest BCUT2D eigenvalue weighted by Gasteiger charge is -2.31. The zero-order valence-electron chi connectivity index (χ0n) is 39.7. The van der Waals surface area contributed by atoms with E-state index in [4.69, 9.17) is 29.7 Å². The van der Waals surface area contributed by atoms with Crippen LogP contribution in [0.25, 0.3) is 0 Å². The molecule has 0 saturated carbocycles. The van der Waals surface area contributed by atoms with Crippen molar-refractivity contribution in [1.82, 2.24) is 20.2 Å². The van der Waals surface area contributed by atoms with Gasteiger partial charge in [-0.1, -0.05) is 120 Å². The highest BCUT2D eigenvalue weighted by atomic mass is 16.5. The summed E-state index contributed by atoms with van der Waals surface area (Å²) in [4.78, 5) is 28.0. The van der Waals surface area contributed by atoms with Gasteiger partial charge in [-0.3, -0.25) is 4.79 Å². The van der Waals surface area contributed by atoms with Gasteiger partial charge in [0.2, 0.25) is 5.82 Å². The Hall–Kier alpha value is -4.21. The van der Waals surface area contributed by atoms with Gasteiger partial charge in [0, 0.05) is 42.9 Å². The fourth-order valence-corrected chi connectivity index (χ4v) is 7.54. The normalized spacial score (nSPS) is 15.1. The molecule has 4 rings (SSSR count).